The van der Waals surface area contributed by atoms with Crippen LogP contribution in [-0.2, 0) is 16.0 Å². The topological polar surface area (TPSA) is 195 Å². The summed E-state index contributed by atoms with van der Waals surface area (Å²) in [6, 6.07) is 18.3. The van der Waals surface area contributed by atoms with Gasteiger partial charge in [0.2, 0.25) is 5.91 Å². The SMILES string of the molecule is Cc1sc2c(c1C)C(c1ccc(Cl)cc1)=N[C@@H](CC(=O)N1CCC(CCN3CCC(Cc4ccc(-n5c(-c6cc(C(C)C)c(O)cc6O)n[nH]c5=O)cc4)CC3)CC1)c1nnc(C)n1-2.O=C(O)C(F)(F)F. The molecule has 3 aliphatic heterocycles. The van der Waals surface area contributed by atoms with Crippen LogP contribution >= 0.6 is 22.9 Å². The number of hydrogen-bond acceptors (Lipinski definition) is 11. The molecule has 0 aliphatic carbocycles. The minimum atomic E-state index is -5.08. The van der Waals surface area contributed by atoms with E-state index in [-0.39, 0.29) is 29.7 Å². The number of phenolic OH excluding ortho intramolecular Hbond substituents is 2. The van der Waals surface area contributed by atoms with Crippen molar-refractivity contribution in [2.24, 2.45) is 16.8 Å². The molecule has 9 rings (SSSR count). The van der Waals surface area contributed by atoms with Gasteiger partial charge in [-0.25, -0.2) is 19.3 Å². The summed E-state index contributed by atoms with van der Waals surface area (Å²) in [6.45, 7) is 14.9. The van der Waals surface area contributed by atoms with Crippen LogP contribution in [0.1, 0.15) is 109 Å². The first-order chi connectivity index (χ1) is 33.8. The van der Waals surface area contributed by atoms with Crippen LogP contribution in [0.4, 0.5) is 13.2 Å². The number of rotatable bonds is 11. The summed E-state index contributed by atoms with van der Waals surface area (Å²) in [6.07, 6.45) is 1.58. The number of aromatic nitrogens is 6. The Labute approximate surface area is 417 Å². The lowest BCUT2D eigenvalue weighted by Gasteiger charge is -2.35. The first-order valence-corrected chi connectivity index (χ1v) is 25.0. The highest BCUT2D eigenvalue weighted by Gasteiger charge is 2.38. The molecule has 3 aromatic carbocycles. The molecule has 0 spiro atoms. The Kier molecular flexibility index (Phi) is 15.2. The van der Waals surface area contributed by atoms with Gasteiger partial charge in [0.25, 0.3) is 0 Å². The van der Waals surface area contributed by atoms with E-state index in [9.17, 15) is 33.0 Å². The van der Waals surface area contributed by atoms with E-state index in [1.165, 1.54) is 26.6 Å². The maximum atomic E-state index is 14.0. The quantitative estimate of drug-likeness (QED) is 0.0971. The number of carboxylic acids is 1. The molecule has 1 atom stereocenters. The number of fused-ring (bicyclic) bond motifs is 3. The third kappa shape index (κ3) is 11.3. The second-order valence-corrected chi connectivity index (χ2v) is 20.6. The Balaban J connectivity index is 0.000000900. The first kappa shape index (κ1) is 51.1. The minimum absolute atomic E-state index is 0.0102. The number of carbonyl (C=O) groups excluding carboxylic acids is 1. The number of H-pyrrole nitrogens is 1. The fourth-order valence-corrected chi connectivity index (χ4v) is 11.1. The van der Waals surface area contributed by atoms with Crippen molar-refractivity contribution in [2.75, 3.05) is 32.7 Å². The van der Waals surface area contributed by atoms with Gasteiger partial charge in [-0.3, -0.25) is 14.4 Å². The number of carboxylic acid groups (broad SMARTS) is 1. The predicted octanol–water partition coefficient (Wildman–Crippen LogP) is 9.48. The normalized spacial score (nSPS) is 16.8. The Morgan fingerprint density at radius 2 is 1.54 bits per heavy atom. The lowest BCUT2D eigenvalue weighted by molar-refractivity contribution is -0.192. The number of alkyl halides is 3. The van der Waals surface area contributed by atoms with Crippen molar-refractivity contribution >= 4 is 40.5 Å². The molecule has 376 valence electrons. The molecule has 0 bridgehead atoms. The third-order valence-electron chi connectivity index (χ3n) is 13.9. The number of aryl methyl sites for hydroxylation is 2. The Morgan fingerprint density at radius 1 is 0.887 bits per heavy atom. The Bertz CT molecular complexity index is 2980. The number of piperidine rings is 2. The van der Waals surface area contributed by atoms with Crippen LogP contribution in [0.2, 0.25) is 5.02 Å². The van der Waals surface area contributed by atoms with Crippen LogP contribution in [0, 0.1) is 32.6 Å². The number of aliphatic imine (C=N–C) groups is 1. The second kappa shape index (κ2) is 21.2. The molecular weight excluding hydrogens is 959 g/mol. The number of thiophene rings is 1. The number of carbonyl (C=O) groups is 2. The maximum Gasteiger partial charge on any atom is 0.490 e. The number of aromatic hydroxyl groups is 2. The summed E-state index contributed by atoms with van der Waals surface area (Å²) in [4.78, 5) is 47.0. The number of aliphatic carboxylic acids is 1. The zero-order valence-corrected chi connectivity index (χ0v) is 41.7. The van der Waals surface area contributed by atoms with Crippen LogP contribution in [0.5, 0.6) is 11.5 Å². The van der Waals surface area contributed by atoms with Crippen molar-refractivity contribution < 1.29 is 38.1 Å². The molecule has 6 aromatic rings. The highest BCUT2D eigenvalue weighted by molar-refractivity contribution is 7.15. The molecule has 71 heavy (non-hydrogen) atoms. The van der Waals surface area contributed by atoms with Crippen LogP contribution in [-0.4, -0.2) is 111 Å². The lowest BCUT2D eigenvalue weighted by atomic mass is 9.89. The number of benzene rings is 3. The number of likely N-dealkylation sites (tertiary alicyclic amines) is 2. The van der Waals surface area contributed by atoms with Crippen LogP contribution < -0.4 is 5.69 Å². The van der Waals surface area contributed by atoms with Crippen molar-refractivity contribution in [3.8, 4) is 33.6 Å². The largest absolute Gasteiger partial charge is 0.508 e. The van der Waals surface area contributed by atoms with E-state index < -0.39 is 23.9 Å². The van der Waals surface area contributed by atoms with Gasteiger partial charge in [0.15, 0.2) is 11.6 Å². The van der Waals surface area contributed by atoms with Gasteiger partial charge >= 0.3 is 17.8 Å². The molecular formula is C51H57ClF3N9O6S. The monoisotopic (exact) mass is 1020 g/mol. The average Bonchev–Trinajstić information content (AvgIpc) is 3.97. The zero-order chi connectivity index (χ0) is 50.9. The van der Waals surface area contributed by atoms with Crippen molar-refractivity contribution in [1.29, 1.82) is 0 Å². The van der Waals surface area contributed by atoms with Crippen LogP contribution in [0.3, 0.4) is 0 Å². The fraction of sp³-hybridized carbons (Fsp3) is 0.431. The zero-order valence-electron chi connectivity index (χ0n) is 40.1. The molecule has 1 amide bonds. The number of halogens is 4. The van der Waals surface area contributed by atoms with E-state index in [1.54, 1.807) is 17.4 Å². The van der Waals surface area contributed by atoms with Gasteiger partial charge in [-0.1, -0.05) is 49.7 Å². The molecule has 3 aromatic heterocycles. The summed E-state index contributed by atoms with van der Waals surface area (Å²) in [5.74, 6) is 0.210. The van der Waals surface area contributed by atoms with Crippen molar-refractivity contribution in [2.45, 2.75) is 97.7 Å². The first-order valence-electron chi connectivity index (χ1n) is 23.8. The average molecular weight is 1020 g/mol. The number of aromatic amines is 1. The number of amides is 1. The molecule has 3 aliphatic rings. The standard InChI is InChI=1S/C49H56ClN9O4S.C2HF3O2/c1-28(2)38-25-39(42(61)27-41(38)60)46-53-55-49(63)59(46)37-12-6-33(7-13-37)24-34-15-20-56(21-16-34)19-14-32-17-22-57(23-18-32)43(62)26-40-47-54-52-31(5)58(47)48-44(29(3)30(4)64-48)45(51-40)35-8-10-36(50)11-9-35;3-2(4,5)1(6)7/h6-13,25,27-28,32,34,40,60-61H,14-24,26H2,1-5H3,(H,55,63);(H,6,7)/t40-;/m0./s1. The van der Waals surface area contributed by atoms with Gasteiger partial charge in [0.05, 0.1) is 23.4 Å². The van der Waals surface area contributed by atoms with E-state index in [2.05, 4.69) is 55.8 Å². The van der Waals surface area contributed by atoms with Crippen LogP contribution in [0.15, 0.2) is 70.5 Å². The highest BCUT2D eigenvalue weighted by atomic mass is 35.5. The predicted molar refractivity (Wildman–Crippen MR) is 265 cm³/mol. The molecule has 0 radical (unpaired) electrons. The van der Waals surface area contributed by atoms with Crippen molar-refractivity contribution in [3.05, 3.63) is 121 Å². The Morgan fingerprint density at radius 3 is 2.17 bits per heavy atom. The van der Waals surface area contributed by atoms with Crippen molar-refractivity contribution in [1.82, 2.24) is 39.3 Å². The fourth-order valence-electron chi connectivity index (χ4n) is 9.74. The molecule has 6 heterocycles. The van der Waals surface area contributed by atoms with E-state index in [4.69, 9.17) is 26.5 Å². The third-order valence-corrected chi connectivity index (χ3v) is 15.3. The molecule has 2 fully saturated rings. The maximum absolute atomic E-state index is 14.0. The van der Waals surface area contributed by atoms with Gasteiger partial charge in [-0.05, 0) is 144 Å². The molecule has 15 nitrogen and oxygen atoms in total. The van der Waals surface area contributed by atoms with Crippen LogP contribution in [0.25, 0.3) is 22.1 Å². The number of hydrogen-bond donors (Lipinski definition) is 4. The number of nitrogens with one attached hydrogen (secondary N) is 1. The number of phenols is 2. The highest BCUT2D eigenvalue weighted by Crippen LogP contribution is 2.41. The van der Waals surface area contributed by atoms with Gasteiger partial charge < -0.3 is 25.1 Å². The summed E-state index contributed by atoms with van der Waals surface area (Å²) >= 11 is 8.01. The summed E-state index contributed by atoms with van der Waals surface area (Å²) in [7, 11) is 0. The second-order valence-electron chi connectivity index (χ2n) is 19.0. The van der Waals surface area contributed by atoms with Gasteiger partial charge in [-0.15, -0.1) is 21.5 Å². The van der Waals surface area contributed by atoms with Gasteiger partial charge in [0, 0.05) is 40.2 Å². The molecule has 4 N–H and O–H groups in total. The summed E-state index contributed by atoms with van der Waals surface area (Å²) in [5, 5.41) is 45.7. The van der Waals surface area contributed by atoms with Gasteiger partial charge in [0.1, 0.15) is 28.4 Å². The summed E-state index contributed by atoms with van der Waals surface area (Å²) < 4.78 is 35.3. The lowest BCUT2D eigenvalue weighted by Crippen LogP contribution is -2.40. The summed E-state index contributed by atoms with van der Waals surface area (Å²) in [5.41, 5.74) is 6.59. The van der Waals surface area contributed by atoms with E-state index >= 15 is 0 Å². The smallest absolute Gasteiger partial charge is 0.490 e. The van der Waals surface area contributed by atoms with Crippen molar-refractivity contribution in [3.63, 3.8) is 0 Å². The molecule has 20 heteroatoms. The van der Waals surface area contributed by atoms with E-state index in [1.807, 2.05) is 62.1 Å². The molecule has 0 saturated carbocycles. The molecule has 0 unspecified atom stereocenters. The Hall–Kier alpha value is -6.31. The number of nitrogens with zero attached hydrogens (tertiary/aromatic N) is 8. The minimum Gasteiger partial charge on any atom is -0.508 e. The van der Waals surface area contributed by atoms with E-state index in [0.717, 1.165) is 98.9 Å². The van der Waals surface area contributed by atoms with E-state index in [0.29, 0.717) is 45.3 Å². The van der Waals surface area contributed by atoms with Gasteiger partial charge in [-0.2, -0.15) is 18.3 Å². The molecule has 2 saturated heterocycles.